The summed E-state index contributed by atoms with van der Waals surface area (Å²) >= 11 is 0. The summed E-state index contributed by atoms with van der Waals surface area (Å²) < 4.78 is 5.58. The highest BCUT2D eigenvalue weighted by Crippen LogP contribution is 2.44. The molecule has 3 amide bonds. The topological polar surface area (TPSA) is 70.7 Å². The lowest BCUT2D eigenvalue weighted by Crippen LogP contribution is -2.46. The first-order valence-electron chi connectivity index (χ1n) is 11.1. The number of nitrogens with one attached hydrogen (secondary N) is 2. The van der Waals surface area contributed by atoms with Crippen LogP contribution in [0, 0.1) is 11.3 Å². The second kappa shape index (κ2) is 8.38. The first-order valence-corrected chi connectivity index (χ1v) is 11.1. The van der Waals surface area contributed by atoms with E-state index in [1.165, 1.54) is 32.1 Å². The summed E-state index contributed by atoms with van der Waals surface area (Å²) in [5, 5.41) is 6.53. The second-order valence-corrected chi connectivity index (χ2v) is 9.18. The highest BCUT2D eigenvalue weighted by Gasteiger charge is 2.52. The lowest BCUT2D eigenvalue weighted by Gasteiger charge is -2.37. The van der Waals surface area contributed by atoms with Crippen LogP contribution in [-0.4, -0.2) is 55.2 Å². The van der Waals surface area contributed by atoms with Crippen LogP contribution in [-0.2, 0) is 9.53 Å². The molecule has 2 saturated heterocycles. The quantitative estimate of drug-likeness (QED) is 0.794. The normalized spacial score (nSPS) is 29.2. The number of likely N-dealkylation sites (tertiary alicyclic amines) is 1. The van der Waals surface area contributed by atoms with Crippen molar-refractivity contribution in [2.75, 3.05) is 26.3 Å². The van der Waals surface area contributed by atoms with E-state index in [4.69, 9.17) is 4.74 Å². The molecule has 2 N–H and O–H groups in total. The average Bonchev–Trinajstić information content (AvgIpc) is 3.31. The maximum absolute atomic E-state index is 13.1. The minimum absolute atomic E-state index is 0.0314. The van der Waals surface area contributed by atoms with Crippen LogP contribution >= 0.6 is 0 Å². The van der Waals surface area contributed by atoms with Crippen molar-refractivity contribution in [2.45, 2.75) is 82.7 Å². The Balaban J connectivity index is 1.42. The van der Waals surface area contributed by atoms with Crippen LogP contribution in [0.25, 0.3) is 0 Å². The molecule has 0 aromatic heterocycles. The molecule has 27 heavy (non-hydrogen) atoms. The standard InChI is InChI=1S/C21H35N3O3/c25-19(22-16-8-4-5-9-16)18-14-24(15-21(18)10-12-27-13-11-21)20(26)23-17-6-2-1-3-7-17/h16-18H,1-15H2,(H,22,25)(H,23,26). The minimum atomic E-state index is -0.106. The fourth-order valence-corrected chi connectivity index (χ4v) is 5.65. The molecule has 1 atom stereocenters. The van der Waals surface area contributed by atoms with Crippen LogP contribution < -0.4 is 10.6 Å². The molecule has 0 radical (unpaired) electrons. The van der Waals surface area contributed by atoms with E-state index in [1.807, 2.05) is 4.90 Å². The number of carbonyl (C=O) groups is 2. The largest absolute Gasteiger partial charge is 0.381 e. The Morgan fingerprint density at radius 1 is 0.852 bits per heavy atom. The highest BCUT2D eigenvalue weighted by molar-refractivity contribution is 5.83. The summed E-state index contributed by atoms with van der Waals surface area (Å²) in [6.45, 7) is 2.64. The summed E-state index contributed by atoms with van der Waals surface area (Å²) in [4.78, 5) is 27.9. The SMILES string of the molecule is O=C(NC1CCCC1)C1CN(C(=O)NC2CCCCC2)CC12CCOCC2. The van der Waals surface area contributed by atoms with E-state index in [9.17, 15) is 9.59 Å². The Kier molecular flexibility index (Phi) is 5.90. The number of ether oxygens (including phenoxy) is 1. The van der Waals surface area contributed by atoms with Gasteiger partial charge in [-0.15, -0.1) is 0 Å². The number of hydrogen-bond donors (Lipinski definition) is 2. The fourth-order valence-electron chi connectivity index (χ4n) is 5.65. The summed E-state index contributed by atoms with van der Waals surface area (Å²) in [5.74, 6) is 0.0656. The van der Waals surface area contributed by atoms with Gasteiger partial charge in [0.2, 0.25) is 5.91 Å². The van der Waals surface area contributed by atoms with E-state index in [-0.39, 0.29) is 23.3 Å². The Morgan fingerprint density at radius 2 is 1.44 bits per heavy atom. The third-order valence-corrected chi connectivity index (χ3v) is 7.37. The van der Waals surface area contributed by atoms with Gasteiger partial charge in [-0.3, -0.25) is 4.79 Å². The predicted molar refractivity (Wildman–Crippen MR) is 103 cm³/mol. The van der Waals surface area contributed by atoms with E-state index in [1.54, 1.807) is 0 Å². The molecule has 4 fully saturated rings. The molecular weight excluding hydrogens is 342 g/mol. The van der Waals surface area contributed by atoms with Gasteiger partial charge in [-0.2, -0.15) is 0 Å². The van der Waals surface area contributed by atoms with Gasteiger partial charge in [-0.25, -0.2) is 4.79 Å². The van der Waals surface area contributed by atoms with Crippen molar-refractivity contribution in [2.24, 2.45) is 11.3 Å². The van der Waals surface area contributed by atoms with Gasteiger partial charge in [0.25, 0.3) is 0 Å². The average molecular weight is 378 g/mol. The summed E-state index contributed by atoms with van der Waals surface area (Å²) in [6, 6.07) is 0.673. The zero-order valence-electron chi connectivity index (χ0n) is 16.5. The van der Waals surface area contributed by atoms with Crippen molar-refractivity contribution in [3.8, 4) is 0 Å². The van der Waals surface area contributed by atoms with Gasteiger partial charge in [-0.05, 0) is 38.5 Å². The molecule has 2 saturated carbocycles. The third-order valence-electron chi connectivity index (χ3n) is 7.37. The molecule has 6 heteroatoms. The molecule has 0 aromatic carbocycles. The van der Waals surface area contributed by atoms with Crippen LogP contribution in [0.3, 0.4) is 0 Å². The molecular formula is C21H35N3O3. The summed E-state index contributed by atoms with van der Waals surface area (Å²) in [7, 11) is 0. The van der Waals surface area contributed by atoms with Gasteiger partial charge in [0.1, 0.15) is 0 Å². The zero-order valence-corrected chi connectivity index (χ0v) is 16.5. The predicted octanol–water partition coefficient (Wildman–Crippen LogP) is 2.82. The molecule has 4 aliphatic rings. The molecule has 4 rings (SSSR count). The van der Waals surface area contributed by atoms with Crippen molar-refractivity contribution in [3.05, 3.63) is 0 Å². The number of nitrogens with zero attached hydrogens (tertiary/aromatic N) is 1. The van der Waals surface area contributed by atoms with Crippen LogP contribution in [0.4, 0.5) is 4.79 Å². The van der Waals surface area contributed by atoms with Crippen molar-refractivity contribution in [1.29, 1.82) is 0 Å². The molecule has 152 valence electrons. The number of urea groups is 1. The van der Waals surface area contributed by atoms with E-state index in [0.717, 1.165) is 38.5 Å². The number of amides is 3. The smallest absolute Gasteiger partial charge is 0.317 e. The van der Waals surface area contributed by atoms with Crippen LogP contribution in [0.5, 0.6) is 0 Å². The van der Waals surface area contributed by atoms with Crippen molar-refractivity contribution < 1.29 is 14.3 Å². The van der Waals surface area contributed by atoms with Gasteiger partial charge < -0.3 is 20.3 Å². The molecule has 2 aliphatic heterocycles. The van der Waals surface area contributed by atoms with E-state index >= 15 is 0 Å². The molecule has 0 aromatic rings. The fraction of sp³-hybridized carbons (Fsp3) is 0.905. The summed E-state index contributed by atoms with van der Waals surface area (Å²) in [5.41, 5.74) is -0.106. The Labute approximate surface area is 162 Å². The van der Waals surface area contributed by atoms with Crippen molar-refractivity contribution in [3.63, 3.8) is 0 Å². The number of rotatable bonds is 3. The molecule has 0 bridgehead atoms. The lowest BCUT2D eigenvalue weighted by atomic mass is 9.71. The van der Waals surface area contributed by atoms with Crippen molar-refractivity contribution in [1.82, 2.24) is 15.5 Å². The minimum Gasteiger partial charge on any atom is -0.381 e. The first-order chi connectivity index (χ1) is 13.2. The lowest BCUT2D eigenvalue weighted by molar-refractivity contribution is -0.130. The van der Waals surface area contributed by atoms with E-state index < -0.39 is 0 Å². The first kappa shape index (κ1) is 19.0. The van der Waals surface area contributed by atoms with E-state index in [2.05, 4.69) is 10.6 Å². The maximum atomic E-state index is 13.1. The molecule has 2 aliphatic carbocycles. The molecule has 1 unspecified atom stereocenters. The monoisotopic (exact) mass is 377 g/mol. The summed E-state index contributed by atoms with van der Waals surface area (Å²) in [6.07, 6.45) is 12.2. The highest BCUT2D eigenvalue weighted by atomic mass is 16.5. The number of carbonyl (C=O) groups excluding carboxylic acids is 2. The van der Waals surface area contributed by atoms with Crippen LogP contribution in [0.1, 0.15) is 70.6 Å². The Morgan fingerprint density at radius 3 is 2.11 bits per heavy atom. The van der Waals surface area contributed by atoms with Gasteiger partial charge >= 0.3 is 6.03 Å². The van der Waals surface area contributed by atoms with Crippen LogP contribution in [0.15, 0.2) is 0 Å². The zero-order chi connectivity index (χ0) is 18.7. The Bertz CT molecular complexity index is 535. The van der Waals surface area contributed by atoms with E-state index in [0.29, 0.717) is 38.4 Å². The van der Waals surface area contributed by atoms with Gasteiger partial charge in [0.05, 0.1) is 5.92 Å². The maximum Gasteiger partial charge on any atom is 0.317 e. The van der Waals surface area contributed by atoms with Crippen LogP contribution in [0.2, 0.25) is 0 Å². The van der Waals surface area contributed by atoms with Gasteiger partial charge in [-0.1, -0.05) is 32.1 Å². The Hall–Kier alpha value is -1.30. The number of hydrogen-bond acceptors (Lipinski definition) is 3. The van der Waals surface area contributed by atoms with Gasteiger partial charge in [0.15, 0.2) is 0 Å². The van der Waals surface area contributed by atoms with Crippen molar-refractivity contribution >= 4 is 11.9 Å². The second-order valence-electron chi connectivity index (χ2n) is 9.18. The molecule has 6 nitrogen and oxygen atoms in total. The third kappa shape index (κ3) is 4.25. The molecule has 2 heterocycles. The molecule has 1 spiro atoms. The van der Waals surface area contributed by atoms with Gasteiger partial charge in [0, 0.05) is 43.8 Å².